The van der Waals surface area contributed by atoms with Crippen molar-refractivity contribution in [2.45, 2.75) is 144 Å². The summed E-state index contributed by atoms with van der Waals surface area (Å²) < 4.78 is 19.1. The SMILES string of the molecule is CCC(C)(C)c1cc2c(OC)c(c1)Cc1cc(C(C)(C)CC)cc(c1OC)Cc1cc(C(C)(C)CC)cc(c1OC)CC(=C\O)/C=C(C(C)(C)C)\C=C\C2. The van der Waals surface area contributed by atoms with Gasteiger partial charge in [0.1, 0.15) is 17.2 Å². The number of aliphatic hydroxyl groups is 1. The summed E-state index contributed by atoms with van der Waals surface area (Å²) in [4.78, 5) is 0. The minimum absolute atomic E-state index is 0.0133. The number of hydrogen-bond donors (Lipinski definition) is 1. The molecule has 0 heterocycles. The molecule has 0 unspecified atom stereocenters. The highest BCUT2D eigenvalue weighted by Crippen LogP contribution is 2.42. The Labute approximate surface area is 328 Å². The number of hydrogen-bond acceptors (Lipinski definition) is 4. The zero-order chi connectivity index (χ0) is 40.2. The molecule has 294 valence electrons. The summed E-state index contributed by atoms with van der Waals surface area (Å²) in [6, 6.07) is 14.1. The highest BCUT2D eigenvalue weighted by Gasteiger charge is 2.28. The maximum Gasteiger partial charge on any atom is 0.125 e. The maximum absolute atomic E-state index is 10.8. The van der Waals surface area contributed by atoms with Gasteiger partial charge < -0.3 is 19.3 Å². The summed E-state index contributed by atoms with van der Waals surface area (Å²) in [5, 5.41) is 10.8. The molecule has 1 aliphatic rings. The van der Waals surface area contributed by atoms with Crippen LogP contribution in [-0.4, -0.2) is 26.4 Å². The number of allylic oxidation sites excluding steroid dienone is 5. The van der Waals surface area contributed by atoms with Crippen molar-refractivity contribution in [2.75, 3.05) is 21.3 Å². The van der Waals surface area contributed by atoms with Gasteiger partial charge in [0.15, 0.2) is 0 Å². The lowest BCUT2D eigenvalue weighted by atomic mass is 9.77. The van der Waals surface area contributed by atoms with Gasteiger partial charge in [-0.2, -0.15) is 0 Å². The third kappa shape index (κ3) is 9.29. The first-order valence-electron chi connectivity index (χ1n) is 20.1. The van der Waals surface area contributed by atoms with Crippen LogP contribution in [0.25, 0.3) is 0 Å². The molecule has 0 spiro atoms. The molecule has 3 aromatic carbocycles. The zero-order valence-electron chi connectivity index (χ0n) is 36.4. The Morgan fingerprint density at radius 1 is 0.537 bits per heavy atom. The molecule has 0 fully saturated rings. The molecule has 1 aliphatic carbocycles. The van der Waals surface area contributed by atoms with Gasteiger partial charge in [0.2, 0.25) is 0 Å². The number of benzene rings is 3. The molecule has 0 saturated carbocycles. The van der Waals surface area contributed by atoms with E-state index in [4.69, 9.17) is 14.2 Å². The summed E-state index contributed by atoms with van der Waals surface area (Å²) in [6.07, 6.45) is 13.5. The van der Waals surface area contributed by atoms with E-state index in [9.17, 15) is 5.11 Å². The Morgan fingerprint density at radius 3 is 1.19 bits per heavy atom. The first-order valence-corrected chi connectivity index (χ1v) is 20.1. The lowest BCUT2D eigenvalue weighted by Gasteiger charge is -2.29. The van der Waals surface area contributed by atoms with Gasteiger partial charge in [-0.25, -0.2) is 0 Å². The maximum atomic E-state index is 10.8. The van der Waals surface area contributed by atoms with E-state index in [0.29, 0.717) is 25.7 Å². The Bertz CT molecular complexity index is 1890. The molecule has 1 N–H and O–H groups in total. The molecule has 4 rings (SSSR count). The monoisotopic (exact) mass is 735 g/mol. The summed E-state index contributed by atoms with van der Waals surface area (Å²) in [6.45, 7) is 27.4. The highest BCUT2D eigenvalue weighted by atomic mass is 16.5. The van der Waals surface area contributed by atoms with Crippen molar-refractivity contribution < 1.29 is 19.3 Å². The predicted octanol–water partition coefficient (Wildman–Crippen LogP) is 13.0. The van der Waals surface area contributed by atoms with E-state index in [2.05, 4.69) is 138 Å². The van der Waals surface area contributed by atoms with E-state index < -0.39 is 0 Å². The molecule has 4 nitrogen and oxygen atoms in total. The Hall–Kier alpha value is -3.92. The molecule has 0 saturated heterocycles. The molecule has 4 heteroatoms. The standard InChI is InChI=1S/C50H70O4/c1-16-48(7,8)41-26-34-20-19-21-40(47(4,5)6)23-33(32-51)22-35-27-42(49(9,10)17-2)29-37(45(35)53-14)25-39-31-43(50(11,12)18-3)30-38(46(39)54-15)24-36(28-41)44(34)52-13/h19,21,23,26-32,51H,16-18,20,22,24-25H2,1-15H3/b21-19+,33-32+,40-23+. The number of fused-ring (bicyclic) bond motifs is 6. The van der Waals surface area contributed by atoms with Crippen LogP contribution in [0, 0.1) is 5.41 Å². The van der Waals surface area contributed by atoms with E-state index >= 15 is 0 Å². The van der Waals surface area contributed by atoms with E-state index in [1.807, 2.05) is 0 Å². The van der Waals surface area contributed by atoms with Gasteiger partial charge in [-0.1, -0.05) is 138 Å². The van der Waals surface area contributed by atoms with Gasteiger partial charge in [0.05, 0.1) is 27.6 Å². The second-order valence-corrected chi connectivity index (χ2v) is 18.4. The van der Waals surface area contributed by atoms with Crippen molar-refractivity contribution in [3.8, 4) is 17.2 Å². The first kappa shape index (κ1) is 42.8. The molecule has 6 bridgehead atoms. The Kier molecular flexibility index (Phi) is 13.4. The number of ether oxygens (including phenoxy) is 3. The normalized spacial score (nSPS) is 16.9. The molecular formula is C50H70O4. The van der Waals surface area contributed by atoms with Crippen molar-refractivity contribution in [1.29, 1.82) is 0 Å². The molecule has 3 aromatic rings. The number of aliphatic hydroxyl groups excluding tert-OH is 1. The van der Waals surface area contributed by atoms with Crippen LogP contribution in [-0.2, 0) is 41.9 Å². The van der Waals surface area contributed by atoms with Gasteiger partial charge in [-0.05, 0) is 109 Å². The van der Waals surface area contributed by atoms with E-state index in [1.165, 1.54) is 34.1 Å². The van der Waals surface area contributed by atoms with Gasteiger partial charge in [0.25, 0.3) is 0 Å². The van der Waals surface area contributed by atoms with Crippen LogP contribution in [0.1, 0.15) is 152 Å². The van der Waals surface area contributed by atoms with Gasteiger partial charge in [0, 0.05) is 19.3 Å². The van der Waals surface area contributed by atoms with Crippen LogP contribution in [0.15, 0.2) is 72.0 Å². The average molecular weight is 735 g/mol. The first-order chi connectivity index (χ1) is 25.3. The van der Waals surface area contributed by atoms with Crippen LogP contribution < -0.4 is 14.2 Å². The van der Waals surface area contributed by atoms with E-state index in [1.54, 1.807) is 21.3 Å². The smallest absolute Gasteiger partial charge is 0.125 e. The zero-order valence-corrected chi connectivity index (χ0v) is 36.4. The number of rotatable bonds is 9. The average Bonchev–Trinajstić information content (AvgIpc) is 3.12. The summed E-state index contributed by atoms with van der Waals surface area (Å²) in [5.74, 6) is 2.70. The van der Waals surface area contributed by atoms with Crippen LogP contribution in [0.5, 0.6) is 17.2 Å². The van der Waals surface area contributed by atoms with Crippen LogP contribution >= 0.6 is 0 Å². The quantitative estimate of drug-likeness (QED) is 0.222. The number of methoxy groups -OCH3 is 3. The van der Waals surface area contributed by atoms with Crippen molar-refractivity contribution >= 4 is 0 Å². The fourth-order valence-corrected chi connectivity index (χ4v) is 7.43. The molecule has 0 amide bonds. The highest BCUT2D eigenvalue weighted by molar-refractivity contribution is 5.57. The van der Waals surface area contributed by atoms with Crippen molar-refractivity contribution in [3.05, 3.63) is 122 Å². The second-order valence-electron chi connectivity index (χ2n) is 18.4. The fraction of sp³-hybridized carbons (Fsp3) is 0.520. The summed E-state index contributed by atoms with van der Waals surface area (Å²) >= 11 is 0. The third-order valence-corrected chi connectivity index (χ3v) is 12.5. The van der Waals surface area contributed by atoms with Crippen molar-refractivity contribution in [3.63, 3.8) is 0 Å². The fourth-order valence-electron chi connectivity index (χ4n) is 7.43. The topological polar surface area (TPSA) is 47.9 Å². The minimum Gasteiger partial charge on any atom is -0.515 e. The van der Waals surface area contributed by atoms with Gasteiger partial charge in [-0.15, -0.1) is 0 Å². The molecule has 54 heavy (non-hydrogen) atoms. The Balaban J connectivity index is 2.19. The summed E-state index contributed by atoms with van der Waals surface area (Å²) in [5.41, 5.74) is 12.4. The molecule has 0 aliphatic heterocycles. The van der Waals surface area contributed by atoms with Crippen LogP contribution in [0.2, 0.25) is 0 Å². The molecule has 0 atom stereocenters. The van der Waals surface area contributed by atoms with Gasteiger partial charge >= 0.3 is 0 Å². The van der Waals surface area contributed by atoms with Crippen molar-refractivity contribution in [1.82, 2.24) is 0 Å². The van der Waals surface area contributed by atoms with Crippen LogP contribution in [0.3, 0.4) is 0 Å². The van der Waals surface area contributed by atoms with Gasteiger partial charge in [-0.3, -0.25) is 0 Å². The molecule has 0 radical (unpaired) electrons. The van der Waals surface area contributed by atoms with Crippen LogP contribution in [0.4, 0.5) is 0 Å². The molecular weight excluding hydrogens is 665 g/mol. The van der Waals surface area contributed by atoms with Crippen molar-refractivity contribution in [2.24, 2.45) is 5.41 Å². The lowest BCUT2D eigenvalue weighted by Crippen LogP contribution is -2.18. The summed E-state index contributed by atoms with van der Waals surface area (Å²) in [7, 11) is 5.38. The second kappa shape index (κ2) is 16.8. The predicted molar refractivity (Wildman–Crippen MR) is 229 cm³/mol. The van der Waals surface area contributed by atoms with E-state index in [0.717, 1.165) is 69.9 Å². The molecule has 0 aromatic heterocycles. The largest absolute Gasteiger partial charge is 0.515 e. The minimum atomic E-state index is -0.155. The van der Waals surface area contributed by atoms with E-state index in [-0.39, 0.29) is 21.7 Å². The Morgan fingerprint density at radius 2 is 0.870 bits per heavy atom. The lowest BCUT2D eigenvalue weighted by molar-refractivity contribution is 0.397. The third-order valence-electron chi connectivity index (χ3n) is 12.5.